The maximum Gasteiger partial charge on any atom is 0.175 e. The maximum atomic E-state index is 14.0. The van der Waals surface area contributed by atoms with Gasteiger partial charge >= 0.3 is 0 Å². The van der Waals surface area contributed by atoms with Crippen molar-refractivity contribution in [3.05, 3.63) is 94.8 Å². The molecule has 0 fully saturated rings. The highest BCUT2D eigenvalue weighted by atomic mass is 32.1. The summed E-state index contributed by atoms with van der Waals surface area (Å²) in [5.41, 5.74) is 6.32. The quantitative estimate of drug-likeness (QED) is 0.404. The molecule has 32 heavy (non-hydrogen) atoms. The Hall–Kier alpha value is -3.52. The van der Waals surface area contributed by atoms with Gasteiger partial charge in [0.05, 0.1) is 42.0 Å². The second kappa shape index (κ2) is 9.32. The van der Waals surface area contributed by atoms with E-state index in [1.807, 2.05) is 42.9 Å². The second-order valence-electron chi connectivity index (χ2n) is 7.73. The lowest BCUT2D eigenvalue weighted by Gasteiger charge is -2.10. The molecule has 4 rings (SSSR count). The van der Waals surface area contributed by atoms with E-state index in [1.165, 1.54) is 17.2 Å². The zero-order chi connectivity index (χ0) is 22.7. The number of nitrogens with one attached hydrogen (secondary N) is 2. The van der Waals surface area contributed by atoms with Crippen LogP contribution in [0.25, 0.3) is 0 Å². The molecule has 4 aromatic rings. The molecule has 0 saturated heterocycles. The molecule has 2 heterocycles. The minimum atomic E-state index is -0.241. The SMILES string of the molecule is Cc1ccccc1Cn1cc(NC(=S)Nc2c(C)nn(Cc3ccccc3F)c2C)cn1. The highest BCUT2D eigenvalue weighted by Gasteiger charge is 2.14. The summed E-state index contributed by atoms with van der Waals surface area (Å²) in [5, 5.41) is 15.8. The average molecular weight is 449 g/mol. The summed E-state index contributed by atoms with van der Waals surface area (Å²) in [5.74, 6) is -0.241. The number of aromatic nitrogens is 4. The lowest BCUT2D eigenvalue weighted by atomic mass is 10.1. The smallest absolute Gasteiger partial charge is 0.175 e. The molecular formula is C24H25FN6S. The van der Waals surface area contributed by atoms with Crippen LogP contribution in [0.15, 0.2) is 60.9 Å². The number of rotatable bonds is 6. The number of aryl methyl sites for hydroxylation is 2. The van der Waals surface area contributed by atoms with Gasteiger partial charge in [0.15, 0.2) is 5.11 Å². The Morgan fingerprint density at radius 3 is 2.44 bits per heavy atom. The van der Waals surface area contributed by atoms with Gasteiger partial charge in [-0.05, 0) is 50.2 Å². The van der Waals surface area contributed by atoms with Crippen molar-refractivity contribution in [1.82, 2.24) is 19.6 Å². The van der Waals surface area contributed by atoms with Crippen LogP contribution < -0.4 is 10.6 Å². The first-order chi connectivity index (χ1) is 15.4. The zero-order valence-electron chi connectivity index (χ0n) is 18.3. The molecule has 0 unspecified atom stereocenters. The van der Waals surface area contributed by atoms with Crippen molar-refractivity contribution in [2.24, 2.45) is 0 Å². The summed E-state index contributed by atoms with van der Waals surface area (Å²) >= 11 is 5.50. The molecule has 0 aliphatic carbocycles. The molecule has 0 aliphatic rings. The van der Waals surface area contributed by atoms with Crippen LogP contribution in [0.3, 0.4) is 0 Å². The van der Waals surface area contributed by atoms with E-state index in [0.717, 1.165) is 22.8 Å². The zero-order valence-corrected chi connectivity index (χ0v) is 19.1. The van der Waals surface area contributed by atoms with Gasteiger partial charge in [0.1, 0.15) is 5.82 Å². The Morgan fingerprint density at radius 2 is 1.69 bits per heavy atom. The van der Waals surface area contributed by atoms with Gasteiger partial charge in [-0.3, -0.25) is 9.36 Å². The summed E-state index contributed by atoms with van der Waals surface area (Å²) in [7, 11) is 0. The monoisotopic (exact) mass is 448 g/mol. The molecule has 164 valence electrons. The lowest BCUT2D eigenvalue weighted by molar-refractivity contribution is 0.579. The molecular weight excluding hydrogens is 423 g/mol. The van der Waals surface area contributed by atoms with Gasteiger partial charge in [-0.1, -0.05) is 42.5 Å². The number of nitrogens with zero attached hydrogens (tertiary/aromatic N) is 4. The summed E-state index contributed by atoms with van der Waals surface area (Å²) < 4.78 is 17.7. The summed E-state index contributed by atoms with van der Waals surface area (Å²) in [4.78, 5) is 0. The van der Waals surface area contributed by atoms with Gasteiger partial charge in [-0.15, -0.1) is 0 Å². The van der Waals surface area contributed by atoms with Crippen molar-refractivity contribution in [3.63, 3.8) is 0 Å². The van der Waals surface area contributed by atoms with Gasteiger partial charge in [-0.25, -0.2) is 4.39 Å². The number of halogens is 1. The van der Waals surface area contributed by atoms with Gasteiger partial charge < -0.3 is 10.6 Å². The van der Waals surface area contributed by atoms with Gasteiger partial charge in [-0.2, -0.15) is 10.2 Å². The fourth-order valence-electron chi connectivity index (χ4n) is 3.57. The Bertz CT molecular complexity index is 1260. The first-order valence-corrected chi connectivity index (χ1v) is 10.7. The summed E-state index contributed by atoms with van der Waals surface area (Å²) in [6, 6.07) is 15.0. The molecule has 0 saturated carbocycles. The number of thiocarbonyl (C=S) groups is 1. The fourth-order valence-corrected chi connectivity index (χ4v) is 3.79. The molecule has 2 aromatic carbocycles. The van der Waals surface area contributed by atoms with Crippen LogP contribution in [0.4, 0.5) is 15.8 Å². The lowest BCUT2D eigenvalue weighted by Crippen LogP contribution is -2.19. The van der Waals surface area contributed by atoms with Crippen molar-refractivity contribution < 1.29 is 4.39 Å². The third-order valence-electron chi connectivity index (χ3n) is 5.38. The Kier molecular flexibility index (Phi) is 6.32. The van der Waals surface area contributed by atoms with Gasteiger partial charge in [0.25, 0.3) is 0 Å². The van der Waals surface area contributed by atoms with Crippen LogP contribution in [0.2, 0.25) is 0 Å². The standard InChI is InChI=1S/C24H25FN6S/c1-16-8-4-5-9-19(16)13-30-15-21(12-26-30)27-24(32)28-23-17(2)29-31(18(23)3)14-20-10-6-7-11-22(20)25/h4-12,15H,13-14H2,1-3H3,(H2,27,28,32). The number of anilines is 2. The van der Waals surface area contributed by atoms with E-state index in [0.29, 0.717) is 23.8 Å². The Morgan fingerprint density at radius 1 is 0.969 bits per heavy atom. The summed E-state index contributed by atoms with van der Waals surface area (Å²) in [6.45, 7) is 6.97. The largest absolute Gasteiger partial charge is 0.330 e. The minimum absolute atomic E-state index is 0.241. The molecule has 0 spiro atoms. The van der Waals surface area contributed by atoms with E-state index < -0.39 is 0 Å². The van der Waals surface area contributed by atoms with E-state index in [2.05, 4.69) is 39.9 Å². The van der Waals surface area contributed by atoms with Gasteiger partial charge in [0, 0.05) is 11.8 Å². The van der Waals surface area contributed by atoms with E-state index in [4.69, 9.17) is 12.2 Å². The van der Waals surface area contributed by atoms with Crippen molar-refractivity contribution in [3.8, 4) is 0 Å². The van der Waals surface area contributed by atoms with E-state index in [-0.39, 0.29) is 5.82 Å². The Labute approximate surface area is 192 Å². The normalized spacial score (nSPS) is 10.9. The van der Waals surface area contributed by atoms with Crippen molar-refractivity contribution in [1.29, 1.82) is 0 Å². The highest BCUT2D eigenvalue weighted by Crippen LogP contribution is 2.22. The van der Waals surface area contributed by atoms with Crippen molar-refractivity contribution >= 4 is 28.7 Å². The summed E-state index contributed by atoms with van der Waals surface area (Å²) in [6.07, 6.45) is 3.66. The van der Waals surface area contributed by atoms with Crippen LogP contribution in [0.5, 0.6) is 0 Å². The highest BCUT2D eigenvalue weighted by molar-refractivity contribution is 7.80. The fraction of sp³-hybridized carbons (Fsp3) is 0.208. The molecule has 0 radical (unpaired) electrons. The minimum Gasteiger partial charge on any atom is -0.330 e. The molecule has 2 aromatic heterocycles. The topological polar surface area (TPSA) is 59.7 Å². The van der Waals surface area contributed by atoms with Crippen molar-refractivity contribution in [2.45, 2.75) is 33.9 Å². The Balaban J connectivity index is 1.41. The first kappa shape index (κ1) is 21.7. The molecule has 0 atom stereocenters. The van der Waals surface area contributed by atoms with E-state index in [9.17, 15) is 4.39 Å². The van der Waals surface area contributed by atoms with E-state index in [1.54, 1.807) is 23.0 Å². The molecule has 2 N–H and O–H groups in total. The molecule has 6 nitrogen and oxygen atoms in total. The van der Waals surface area contributed by atoms with Crippen LogP contribution >= 0.6 is 12.2 Å². The molecule has 0 bridgehead atoms. The van der Waals surface area contributed by atoms with Crippen LogP contribution in [0.1, 0.15) is 28.1 Å². The average Bonchev–Trinajstić information content (AvgIpc) is 3.30. The van der Waals surface area contributed by atoms with Crippen molar-refractivity contribution in [2.75, 3.05) is 10.6 Å². The third kappa shape index (κ3) is 4.86. The predicted octanol–water partition coefficient (Wildman–Crippen LogP) is 5.05. The van der Waals surface area contributed by atoms with Crippen LogP contribution in [-0.2, 0) is 13.1 Å². The van der Waals surface area contributed by atoms with Crippen LogP contribution in [-0.4, -0.2) is 24.7 Å². The second-order valence-corrected chi connectivity index (χ2v) is 8.14. The predicted molar refractivity (Wildman–Crippen MR) is 130 cm³/mol. The maximum absolute atomic E-state index is 14.0. The molecule has 0 amide bonds. The van der Waals surface area contributed by atoms with E-state index >= 15 is 0 Å². The van der Waals surface area contributed by atoms with Crippen LogP contribution in [0, 0.1) is 26.6 Å². The number of benzene rings is 2. The van der Waals surface area contributed by atoms with Gasteiger partial charge in [0.2, 0.25) is 0 Å². The molecule has 0 aliphatic heterocycles. The third-order valence-corrected chi connectivity index (χ3v) is 5.59. The first-order valence-electron chi connectivity index (χ1n) is 10.3. The molecule has 8 heteroatoms. The number of hydrogen-bond acceptors (Lipinski definition) is 3. The number of hydrogen-bond donors (Lipinski definition) is 2.